The van der Waals surface area contributed by atoms with Crippen molar-refractivity contribution in [3.63, 3.8) is 0 Å². The standard InChI is InChI=1S/C10H14BrClN2S/c1-10(2,15-3)6-14-9-8(11)4-7(12)5-13-9/h4-5H,6H2,1-3H3,(H,13,14). The molecule has 0 saturated heterocycles. The van der Waals surface area contributed by atoms with E-state index in [1.54, 1.807) is 6.20 Å². The van der Waals surface area contributed by atoms with E-state index in [4.69, 9.17) is 11.6 Å². The van der Waals surface area contributed by atoms with Gasteiger partial charge in [0.15, 0.2) is 0 Å². The lowest BCUT2D eigenvalue weighted by Crippen LogP contribution is -2.26. The summed E-state index contributed by atoms with van der Waals surface area (Å²) in [7, 11) is 0. The fourth-order valence-electron chi connectivity index (χ4n) is 0.913. The predicted molar refractivity (Wildman–Crippen MR) is 73.0 cm³/mol. The van der Waals surface area contributed by atoms with Crippen molar-refractivity contribution in [1.82, 2.24) is 4.98 Å². The zero-order chi connectivity index (χ0) is 11.5. The van der Waals surface area contributed by atoms with Gasteiger partial charge in [-0.1, -0.05) is 11.6 Å². The Morgan fingerprint density at radius 3 is 2.80 bits per heavy atom. The van der Waals surface area contributed by atoms with Gasteiger partial charge >= 0.3 is 0 Å². The number of halogens is 2. The van der Waals surface area contributed by atoms with Crippen LogP contribution in [-0.2, 0) is 0 Å². The van der Waals surface area contributed by atoms with Gasteiger partial charge in [0.1, 0.15) is 5.82 Å². The number of aromatic nitrogens is 1. The lowest BCUT2D eigenvalue weighted by Gasteiger charge is -2.22. The Balaban J connectivity index is 2.66. The number of hydrogen-bond donors (Lipinski definition) is 1. The van der Waals surface area contributed by atoms with Crippen LogP contribution >= 0.6 is 39.3 Å². The normalized spacial score (nSPS) is 11.5. The molecule has 0 radical (unpaired) electrons. The summed E-state index contributed by atoms with van der Waals surface area (Å²) < 4.78 is 1.09. The van der Waals surface area contributed by atoms with E-state index < -0.39 is 0 Å². The second kappa shape index (κ2) is 5.41. The molecule has 0 fully saturated rings. The highest BCUT2D eigenvalue weighted by Gasteiger charge is 2.16. The van der Waals surface area contributed by atoms with Crippen LogP contribution in [0, 0.1) is 0 Å². The fraction of sp³-hybridized carbons (Fsp3) is 0.500. The van der Waals surface area contributed by atoms with Crippen LogP contribution in [0.25, 0.3) is 0 Å². The van der Waals surface area contributed by atoms with Crippen molar-refractivity contribution in [2.45, 2.75) is 18.6 Å². The molecule has 0 aliphatic heterocycles. The topological polar surface area (TPSA) is 24.9 Å². The number of pyridine rings is 1. The minimum Gasteiger partial charge on any atom is -0.368 e. The van der Waals surface area contributed by atoms with E-state index in [2.05, 4.69) is 46.3 Å². The van der Waals surface area contributed by atoms with Crippen LogP contribution < -0.4 is 5.32 Å². The van der Waals surface area contributed by atoms with E-state index >= 15 is 0 Å². The van der Waals surface area contributed by atoms with Gasteiger partial charge in [-0.2, -0.15) is 11.8 Å². The first-order chi connectivity index (χ1) is 6.94. The second-order valence-electron chi connectivity index (χ2n) is 3.80. The lowest BCUT2D eigenvalue weighted by molar-refractivity contribution is 0.750. The molecule has 5 heteroatoms. The van der Waals surface area contributed by atoms with Gasteiger partial charge in [-0.05, 0) is 42.1 Å². The van der Waals surface area contributed by atoms with Crippen LogP contribution in [0.15, 0.2) is 16.7 Å². The van der Waals surface area contributed by atoms with Crippen molar-refractivity contribution in [2.24, 2.45) is 0 Å². The Hall–Kier alpha value is 0.0700. The molecule has 0 spiro atoms. The number of anilines is 1. The molecule has 0 aliphatic carbocycles. The van der Waals surface area contributed by atoms with Gasteiger partial charge in [0.05, 0.1) is 9.50 Å². The zero-order valence-electron chi connectivity index (χ0n) is 8.97. The van der Waals surface area contributed by atoms with Gasteiger partial charge in [-0.15, -0.1) is 0 Å². The fourth-order valence-corrected chi connectivity index (χ4v) is 1.91. The van der Waals surface area contributed by atoms with Crippen molar-refractivity contribution in [3.05, 3.63) is 21.8 Å². The van der Waals surface area contributed by atoms with Crippen LogP contribution in [0.1, 0.15) is 13.8 Å². The van der Waals surface area contributed by atoms with Crippen molar-refractivity contribution in [1.29, 1.82) is 0 Å². The third kappa shape index (κ3) is 4.21. The largest absolute Gasteiger partial charge is 0.368 e. The maximum absolute atomic E-state index is 5.81. The Morgan fingerprint density at radius 1 is 1.60 bits per heavy atom. The van der Waals surface area contributed by atoms with Gasteiger partial charge in [0.2, 0.25) is 0 Å². The lowest BCUT2D eigenvalue weighted by atomic mass is 10.2. The molecule has 0 aromatic carbocycles. The summed E-state index contributed by atoms with van der Waals surface area (Å²) in [4.78, 5) is 4.22. The highest BCUT2D eigenvalue weighted by molar-refractivity contribution is 9.10. The average molecular weight is 310 g/mol. The number of hydrogen-bond acceptors (Lipinski definition) is 3. The minimum absolute atomic E-state index is 0.195. The zero-order valence-corrected chi connectivity index (χ0v) is 12.1. The van der Waals surface area contributed by atoms with Crippen molar-refractivity contribution >= 4 is 45.1 Å². The first kappa shape index (κ1) is 13.1. The van der Waals surface area contributed by atoms with Crippen LogP contribution in [0.4, 0.5) is 5.82 Å². The Kier molecular flexibility index (Phi) is 4.74. The van der Waals surface area contributed by atoms with Crippen molar-refractivity contribution in [2.75, 3.05) is 18.1 Å². The molecular formula is C10H14BrClN2S. The minimum atomic E-state index is 0.195. The Labute approximate surface area is 108 Å². The number of rotatable bonds is 4. The summed E-state index contributed by atoms with van der Waals surface area (Å²) in [6.07, 6.45) is 3.74. The van der Waals surface area contributed by atoms with Gasteiger partial charge in [-0.25, -0.2) is 4.98 Å². The van der Waals surface area contributed by atoms with Crippen LogP contribution in [0.3, 0.4) is 0 Å². The van der Waals surface area contributed by atoms with Crippen molar-refractivity contribution < 1.29 is 0 Å². The molecule has 15 heavy (non-hydrogen) atoms. The maximum Gasteiger partial charge on any atom is 0.140 e. The number of nitrogens with zero attached hydrogens (tertiary/aromatic N) is 1. The molecular weight excluding hydrogens is 296 g/mol. The molecule has 0 amide bonds. The van der Waals surface area contributed by atoms with E-state index in [1.807, 2.05) is 17.8 Å². The van der Waals surface area contributed by atoms with E-state index in [-0.39, 0.29) is 4.75 Å². The summed E-state index contributed by atoms with van der Waals surface area (Å²) in [6, 6.07) is 1.84. The monoisotopic (exact) mass is 308 g/mol. The quantitative estimate of drug-likeness (QED) is 0.908. The van der Waals surface area contributed by atoms with Gasteiger partial charge < -0.3 is 5.32 Å². The SMILES string of the molecule is CSC(C)(C)CNc1ncc(Cl)cc1Br. The molecule has 1 N–H and O–H groups in total. The molecule has 1 aromatic rings. The highest BCUT2D eigenvalue weighted by Crippen LogP contribution is 2.26. The molecule has 84 valence electrons. The predicted octanol–water partition coefficient (Wildman–Crippen LogP) is 4.05. The molecule has 0 saturated carbocycles. The van der Waals surface area contributed by atoms with E-state index in [1.165, 1.54) is 0 Å². The average Bonchev–Trinajstić information content (AvgIpc) is 2.16. The number of nitrogens with one attached hydrogen (secondary N) is 1. The molecule has 0 unspecified atom stereocenters. The third-order valence-corrected chi connectivity index (χ3v) is 4.10. The van der Waals surface area contributed by atoms with E-state index in [0.717, 1.165) is 16.8 Å². The first-order valence-corrected chi connectivity index (χ1v) is 6.94. The third-order valence-electron chi connectivity index (χ3n) is 2.04. The van der Waals surface area contributed by atoms with Crippen molar-refractivity contribution in [3.8, 4) is 0 Å². The van der Waals surface area contributed by atoms with Gasteiger partial charge in [0.25, 0.3) is 0 Å². The molecule has 1 aromatic heterocycles. The summed E-state index contributed by atoms with van der Waals surface area (Å²) >= 11 is 11.1. The van der Waals surface area contributed by atoms with Gasteiger partial charge in [0, 0.05) is 17.5 Å². The summed E-state index contributed by atoms with van der Waals surface area (Å²) in [6.45, 7) is 5.24. The Morgan fingerprint density at radius 2 is 2.27 bits per heavy atom. The smallest absolute Gasteiger partial charge is 0.140 e. The summed E-state index contributed by atoms with van der Waals surface area (Å²) in [5.41, 5.74) is 0. The van der Waals surface area contributed by atoms with E-state index in [9.17, 15) is 0 Å². The molecule has 1 rings (SSSR count). The van der Waals surface area contributed by atoms with Crippen LogP contribution in [-0.4, -0.2) is 22.5 Å². The second-order valence-corrected chi connectivity index (χ2v) is 6.61. The maximum atomic E-state index is 5.81. The summed E-state index contributed by atoms with van der Waals surface area (Å²) in [5, 5.41) is 3.93. The molecule has 0 bridgehead atoms. The molecule has 0 aliphatic rings. The molecule has 2 nitrogen and oxygen atoms in total. The molecule has 0 atom stereocenters. The first-order valence-electron chi connectivity index (χ1n) is 4.55. The van der Waals surface area contributed by atoms with Crippen LogP contribution in [0.2, 0.25) is 5.02 Å². The Bertz CT molecular complexity index is 344. The summed E-state index contributed by atoms with van der Waals surface area (Å²) in [5.74, 6) is 0.835. The molecule has 1 heterocycles. The highest BCUT2D eigenvalue weighted by atomic mass is 79.9. The van der Waals surface area contributed by atoms with Gasteiger partial charge in [-0.3, -0.25) is 0 Å². The van der Waals surface area contributed by atoms with Crippen LogP contribution in [0.5, 0.6) is 0 Å². The van der Waals surface area contributed by atoms with E-state index in [0.29, 0.717) is 5.02 Å². The number of thioether (sulfide) groups is 1.